The van der Waals surface area contributed by atoms with Gasteiger partial charge in [-0.1, -0.05) is 29.4 Å². The van der Waals surface area contributed by atoms with Gasteiger partial charge in [-0.2, -0.15) is 4.98 Å². The molecule has 2 aliphatic heterocycles. The van der Waals surface area contributed by atoms with Crippen LogP contribution in [0.1, 0.15) is 51.8 Å². The first kappa shape index (κ1) is 20.5. The van der Waals surface area contributed by atoms with E-state index in [0.717, 1.165) is 32.5 Å². The lowest BCUT2D eigenvalue weighted by Crippen LogP contribution is -2.37. The largest absolute Gasteiger partial charge is 0.339 e. The molecule has 8 heteroatoms. The number of halogens is 1. The molecule has 0 aliphatic carbocycles. The second-order valence-electron chi connectivity index (χ2n) is 8.27. The van der Waals surface area contributed by atoms with E-state index in [-0.39, 0.29) is 23.5 Å². The first-order valence-corrected chi connectivity index (χ1v) is 10.9. The predicted octanol–water partition coefficient (Wildman–Crippen LogP) is 3.74. The van der Waals surface area contributed by atoms with E-state index in [4.69, 9.17) is 4.52 Å². The summed E-state index contributed by atoms with van der Waals surface area (Å²) >= 11 is 0. The number of nitrogens with zero attached hydrogens (tertiary/aromatic N) is 4. The molecule has 1 fully saturated rings. The third-order valence-electron chi connectivity index (χ3n) is 6.11. The third-order valence-corrected chi connectivity index (χ3v) is 6.11. The van der Waals surface area contributed by atoms with E-state index in [0.29, 0.717) is 41.4 Å². The predicted molar refractivity (Wildman–Crippen MR) is 115 cm³/mol. The highest BCUT2D eigenvalue weighted by molar-refractivity contribution is 6.21. The Kier molecular flexibility index (Phi) is 5.53. The smallest absolute Gasteiger partial charge is 0.261 e. The van der Waals surface area contributed by atoms with Gasteiger partial charge in [-0.15, -0.1) is 0 Å². The molecule has 0 spiro atoms. The summed E-state index contributed by atoms with van der Waals surface area (Å²) in [4.78, 5) is 33.2. The van der Waals surface area contributed by atoms with Crippen LogP contribution < -0.4 is 0 Å². The van der Waals surface area contributed by atoms with E-state index in [1.54, 1.807) is 36.4 Å². The van der Waals surface area contributed by atoms with E-state index >= 15 is 0 Å². The van der Waals surface area contributed by atoms with E-state index in [1.807, 2.05) is 0 Å². The summed E-state index contributed by atoms with van der Waals surface area (Å²) in [7, 11) is 0. The molecule has 1 saturated heterocycles. The summed E-state index contributed by atoms with van der Waals surface area (Å²) in [6, 6.07) is 13.1. The lowest BCUT2D eigenvalue weighted by molar-refractivity contribution is 0.0644. The van der Waals surface area contributed by atoms with Crippen molar-refractivity contribution in [3.63, 3.8) is 0 Å². The van der Waals surface area contributed by atoms with E-state index in [1.165, 1.54) is 17.0 Å². The molecule has 3 heterocycles. The van der Waals surface area contributed by atoms with Crippen molar-refractivity contribution in [2.24, 2.45) is 0 Å². The molecule has 32 heavy (non-hydrogen) atoms. The molecule has 2 aliphatic rings. The molecule has 1 unspecified atom stereocenters. The average Bonchev–Trinajstić information content (AvgIpc) is 3.40. The summed E-state index contributed by atoms with van der Waals surface area (Å²) < 4.78 is 19.0. The van der Waals surface area contributed by atoms with Crippen molar-refractivity contribution in [1.29, 1.82) is 0 Å². The third kappa shape index (κ3) is 3.93. The number of rotatable bonds is 6. The second kappa shape index (κ2) is 8.63. The molecule has 7 nitrogen and oxygen atoms in total. The minimum atomic E-state index is -0.337. The molecule has 2 amide bonds. The number of carbonyl (C=O) groups excluding carboxylic acids is 2. The average molecular weight is 434 g/mol. The van der Waals surface area contributed by atoms with Gasteiger partial charge in [0.25, 0.3) is 11.8 Å². The number of hydrogen-bond acceptors (Lipinski definition) is 6. The number of imide groups is 1. The summed E-state index contributed by atoms with van der Waals surface area (Å²) in [5, 5.41) is 4.03. The molecule has 0 saturated carbocycles. The molecule has 3 aromatic rings. The number of carbonyl (C=O) groups is 2. The monoisotopic (exact) mass is 434 g/mol. The van der Waals surface area contributed by atoms with Crippen LogP contribution in [0.2, 0.25) is 0 Å². The number of likely N-dealkylation sites (tertiary alicyclic amines) is 1. The Balaban J connectivity index is 1.17. The highest BCUT2D eigenvalue weighted by Crippen LogP contribution is 2.28. The quantitative estimate of drug-likeness (QED) is 0.550. The molecule has 0 N–H and O–H groups in total. The number of aromatic nitrogens is 2. The van der Waals surface area contributed by atoms with Gasteiger partial charge in [0.2, 0.25) is 11.7 Å². The zero-order valence-electron chi connectivity index (χ0n) is 17.5. The highest BCUT2D eigenvalue weighted by atomic mass is 19.1. The Bertz CT molecular complexity index is 1130. The van der Waals surface area contributed by atoms with Crippen molar-refractivity contribution in [3.05, 3.63) is 71.4 Å². The van der Waals surface area contributed by atoms with Gasteiger partial charge < -0.3 is 9.42 Å². The van der Waals surface area contributed by atoms with Crippen LogP contribution in [-0.2, 0) is 0 Å². The van der Waals surface area contributed by atoms with Crippen molar-refractivity contribution >= 4 is 11.8 Å². The molecule has 1 atom stereocenters. The maximum absolute atomic E-state index is 13.5. The second-order valence-corrected chi connectivity index (χ2v) is 8.27. The van der Waals surface area contributed by atoms with Crippen molar-refractivity contribution in [2.45, 2.75) is 25.2 Å². The van der Waals surface area contributed by atoms with E-state index in [2.05, 4.69) is 15.0 Å². The Morgan fingerprint density at radius 1 is 1.03 bits per heavy atom. The van der Waals surface area contributed by atoms with E-state index < -0.39 is 0 Å². The molecule has 5 rings (SSSR count). The molecule has 2 aromatic carbocycles. The fourth-order valence-corrected chi connectivity index (χ4v) is 4.50. The maximum atomic E-state index is 13.5. The van der Waals surface area contributed by atoms with Gasteiger partial charge >= 0.3 is 0 Å². The van der Waals surface area contributed by atoms with Crippen molar-refractivity contribution in [2.75, 3.05) is 26.2 Å². The summed E-state index contributed by atoms with van der Waals surface area (Å²) in [5.74, 6) is 0.306. The minimum absolute atomic E-state index is 0.109. The molecule has 164 valence electrons. The molecular weight excluding hydrogens is 411 g/mol. The Hall–Kier alpha value is -3.39. The topological polar surface area (TPSA) is 79.5 Å². The lowest BCUT2D eigenvalue weighted by Gasteiger charge is -2.31. The first-order chi connectivity index (χ1) is 15.6. The normalized spacial score (nSPS) is 18.9. The van der Waals surface area contributed by atoms with Gasteiger partial charge in [0.05, 0.1) is 17.0 Å². The highest BCUT2D eigenvalue weighted by Gasteiger charge is 2.34. The van der Waals surface area contributed by atoms with Crippen molar-refractivity contribution in [3.8, 4) is 11.4 Å². The van der Waals surface area contributed by atoms with Crippen molar-refractivity contribution in [1.82, 2.24) is 19.9 Å². The van der Waals surface area contributed by atoms with E-state index in [9.17, 15) is 14.0 Å². The number of fused-ring (bicyclic) bond motifs is 1. The molecular formula is C24H23FN4O3. The summed E-state index contributed by atoms with van der Waals surface area (Å²) in [6.07, 6.45) is 2.64. The zero-order valence-corrected chi connectivity index (χ0v) is 17.5. The van der Waals surface area contributed by atoms with Crippen LogP contribution in [0.15, 0.2) is 53.1 Å². The number of amides is 2. The lowest BCUT2D eigenvalue weighted by atomic mass is 9.98. The maximum Gasteiger partial charge on any atom is 0.261 e. The first-order valence-electron chi connectivity index (χ1n) is 10.9. The fraction of sp³-hybridized carbons (Fsp3) is 0.333. The summed E-state index contributed by atoms with van der Waals surface area (Å²) in [5.41, 5.74) is 1.57. The molecule has 0 radical (unpaired) electrons. The fourth-order valence-electron chi connectivity index (χ4n) is 4.50. The Labute approximate surface area is 184 Å². The van der Waals surface area contributed by atoms with Gasteiger partial charge in [-0.25, -0.2) is 4.39 Å². The number of benzene rings is 2. The number of hydrogen-bond donors (Lipinski definition) is 0. The SMILES string of the molecule is O=C1c2ccccc2C(=O)N1CCCN1CCCC(c2nc(-c3cccc(F)c3)no2)C1. The van der Waals surface area contributed by atoms with Gasteiger partial charge in [-0.3, -0.25) is 14.5 Å². The van der Waals surface area contributed by atoms with Crippen LogP contribution in [0.25, 0.3) is 11.4 Å². The van der Waals surface area contributed by atoms with Crippen LogP contribution in [0.4, 0.5) is 4.39 Å². The van der Waals surface area contributed by atoms with Gasteiger partial charge in [0.15, 0.2) is 0 Å². The number of piperidine rings is 1. The van der Waals surface area contributed by atoms with Crippen LogP contribution in [-0.4, -0.2) is 57.9 Å². The van der Waals surface area contributed by atoms with Gasteiger partial charge in [0, 0.05) is 18.7 Å². The standard InChI is InChI=1S/C24H23FN4O3/c25-18-8-3-6-16(14-18)21-26-22(32-27-21)17-7-4-11-28(15-17)12-5-13-29-23(30)19-9-1-2-10-20(19)24(29)31/h1-3,6,8-10,14,17H,4-5,7,11-13,15H2. The van der Waals surface area contributed by atoms with Crippen LogP contribution in [0.3, 0.4) is 0 Å². The van der Waals surface area contributed by atoms with Gasteiger partial charge in [0.1, 0.15) is 5.82 Å². The Morgan fingerprint density at radius 3 is 2.56 bits per heavy atom. The van der Waals surface area contributed by atoms with Crippen molar-refractivity contribution < 1.29 is 18.5 Å². The van der Waals surface area contributed by atoms with Crippen LogP contribution in [0, 0.1) is 5.82 Å². The zero-order chi connectivity index (χ0) is 22.1. The van der Waals surface area contributed by atoms with Crippen LogP contribution >= 0.6 is 0 Å². The van der Waals surface area contributed by atoms with Crippen LogP contribution in [0.5, 0.6) is 0 Å². The molecule has 0 bridgehead atoms. The van der Waals surface area contributed by atoms with Gasteiger partial charge in [-0.05, 0) is 56.6 Å². The molecule has 1 aromatic heterocycles. The Morgan fingerprint density at radius 2 is 1.81 bits per heavy atom. The minimum Gasteiger partial charge on any atom is -0.339 e. The summed E-state index contributed by atoms with van der Waals surface area (Å²) in [6.45, 7) is 2.89.